The Balaban J connectivity index is 0.908. The number of nitrogens with one attached hydrogen (secondary N) is 1. The highest BCUT2D eigenvalue weighted by atomic mass is 16.3. The van der Waals surface area contributed by atoms with Crippen molar-refractivity contribution >= 4 is 28.5 Å². The second-order valence-electron chi connectivity index (χ2n) is 16.1. The van der Waals surface area contributed by atoms with Crippen LogP contribution in [0.15, 0.2) is 36.4 Å². The summed E-state index contributed by atoms with van der Waals surface area (Å²) in [6.45, 7) is 7.77. The van der Waals surface area contributed by atoms with E-state index in [-0.39, 0.29) is 47.3 Å². The summed E-state index contributed by atoms with van der Waals surface area (Å²) in [5.74, 6) is 2.53. The molecule has 0 radical (unpaired) electrons. The minimum atomic E-state index is -0.316. The average molecular weight is 629 g/mol. The van der Waals surface area contributed by atoms with E-state index in [0.29, 0.717) is 66.0 Å². The number of aliphatic hydroxyl groups is 2. The van der Waals surface area contributed by atoms with E-state index in [1.54, 1.807) is 12.1 Å². The van der Waals surface area contributed by atoms with Crippen LogP contribution in [-0.2, 0) is 4.79 Å². The Morgan fingerprint density at radius 2 is 1.67 bits per heavy atom. The molecule has 3 amide bonds. The molecule has 7 nitrogen and oxygen atoms in total. The van der Waals surface area contributed by atoms with Gasteiger partial charge in [0, 0.05) is 36.0 Å². The van der Waals surface area contributed by atoms with Crippen LogP contribution < -0.4 is 5.32 Å². The van der Waals surface area contributed by atoms with Crippen LogP contribution in [0.1, 0.15) is 112 Å². The molecule has 7 heteroatoms. The number of hydrogen-bond acceptors (Lipinski definition) is 5. The third-order valence-electron chi connectivity index (χ3n) is 14.1. The smallest absolute Gasteiger partial charge is 0.261 e. The number of nitrogens with zero attached hydrogens (tertiary/aromatic N) is 1. The third kappa shape index (κ3) is 5.03. The number of imide groups is 1. The van der Waals surface area contributed by atoms with Crippen LogP contribution in [0.25, 0.3) is 10.8 Å². The summed E-state index contributed by atoms with van der Waals surface area (Å²) in [7, 11) is 0. The molecule has 46 heavy (non-hydrogen) atoms. The van der Waals surface area contributed by atoms with Crippen molar-refractivity contribution in [1.29, 1.82) is 0 Å². The molecule has 0 saturated heterocycles. The predicted octanol–water partition coefficient (Wildman–Crippen LogP) is 6.35. The molecule has 2 aromatic rings. The quantitative estimate of drug-likeness (QED) is 0.233. The second-order valence-corrected chi connectivity index (χ2v) is 16.1. The first-order chi connectivity index (χ1) is 22.0. The number of amides is 3. The summed E-state index contributed by atoms with van der Waals surface area (Å²) < 4.78 is 0. The Kier molecular flexibility index (Phi) is 8.32. The molecular formula is C39H52N2O5. The molecule has 248 valence electrons. The van der Waals surface area contributed by atoms with E-state index in [9.17, 15) is 24.6 Å². The van der Waals surface area contributed by atoms with E-state index < -0.39 is 0 Å². The van der Waals surface area contributed by atoms with Gasteiger partial charge in [-0.1, -0.05) is 45.0 Å². The maximum atomic E-state index is 13.2. The third-order valence-corrected chi connectivity index (χ3v) is 14.1. The first kappa shape index (κ1) is 31.8. The molecular weight excluding hydrogens is 576 g/mol. The van der Waals surface area contributed by atoms with Crippen LogP contribution in [0.4, 0.5) is 0 Å². The van der Waals surface area contributed by atoms with Crippen LogP contribution in [0.3, 0.4) is 0 Å². The lowest BCUT2D eigenvalue weighted by Crippen LogP contribution is -2.58. The zero-order chi connectivity index (χ0) is 32.4. The van der Waals surface area contributed by atoms with Crippen molar-refractivity contribution in [3.8, 4) is 0 Å². The van der Waals surface area contributed by atoms with Gasteiger partial charge >= 0.3 is 0 Å². The van der Waals surface area contributed by atoms with Crippen molar-refractivity contribution in [2.45, 2.75) is 104 Å². The molecule has 10 atom stereocenters. The van der Waals surface area contributed by atoms with Gasteiger partial charge in [0.15, 0.2) is 0 Å². The van der Waals surface area contributed by atoms with Gasteiger partial charge in [-0.15, -0.1) is 0 Å². The Hall–Kier alpha value is -2.77. The Labute approximate surface area is 273 Å². The number of fused-ring (bicyclic) bond motifs is 5. The van der Waals surface area contributed by atoms with E-state index in [0.717, 1.165) is 49.3 Å². The zero-order valence-electron chi connectivity index (χ0n) is 27.8. The summed E-state index contributed by atoms with van der Waals surface area (Å²) in [6.07, 6.45) is 9.80. The molecule has 4 fully saturated rings. The van der Waals surface area contributed by atoms with Gasteiger partial charge in [0.2, 0.25) is 5.91 Å². The first-order valence-electron chi connectivity index (χ1n) is 18.0. The maximum Gasteiger partial charge on any atom is 0.261 e. The number of rotatable bonds is 8. The van der Waals surface area contributed by atoms with Gasteiger partial charge < -0.3 is 15.5 Å². The van der Waals surface area contributed by atoms with Gasteiger partial charge in [0.1, 0.15) is 0 Å². The van der Waals surface area contributed by atoms with Crippen LogP contribution >= 0.6 is 0 Å². The first-order valence-corrected chi connectivity index (χ1v) is 18.0. The van der Waals surface area contributed by atoms with Crippen molar-refractivity contribution in [3.05, 3.63) is 47.5 Å². The molecule has 10 unspecified atom stereocenters. The fraction of sp³-hybridized carbons (Fsp3) is 0.667. The Morgan fingerprint density at radius 1 is 0.957 bits per heavy atom. The largest absolute Gasteiger partial charge is 0.393 e. The van der Waals surface area contributed by atoms with Gasteiger partial charge in [-0.25, -0.2) is 0 Å². The van der Waals surface area contributed by atoms with E-state index in [1.807, 2.05) is 24.3 Å². The van der Waals surface area contributed by atoms with Gasteiger partial charge in [0.05, 0.1) is 12.2 Å². The molecule has 0 spiro atoms. The number of benzene rings is 2. The standard InChI is InChI=1S/C39H52N2O5/c1-23(30-14-15-31-27-13-12-25-21-26(42)17-18-38(25,2)32(27)22-33(43)39(30,31)3)11-16-34(44)40-19-6-20-41-36(45)28-9-4-7-24-8-5-10-29(35(24)28)37(41)46/h4-5,7-10,23,25-27,30-33,42-43H,6,11-22H2,1-3H3,(H,40,44). The molecule has 0 aromatic heterocycles. The fourth-order valence-electron chi connectivity index (χ4n) is 11.6. The van der Waals surface area contributed by atoms with E-state index in [1.165, 1.54) is 24.2 Å². The normalized spacial score (nSPS) is 37.4. The highest BCUT2D eigenvalue weighted by Crippen LogP contribution is 2.68. The van der Waals surface area contributed by atoms with Gasteiger partial charge in [-0.2, -0.15) is 0 Å². The molecule has 2 aromatic carbocycles. The highest BCUT2D eigenvalue weighted by Gasteiger charge is 2.63. The van der Waals surface area contributed by atoms with Gasteiger partial charge in [-0.05, 0) is 128 Å². The Morgan fingerprint density at radius 3 is 2.39 bits per heavy atom. The molecule has 5 aliphatic rings. The predicted molar refractivity (Wildman–Crippen MR) is 178 cm³/mol. The minimum Gasteiger partial charge on any atom is -0.393 e. The lowest BCUT2D eigenvalue weighted by Gasteiger charge is -2.62. The molecule has 4 aliphatic carbocycles. The zero-order valence-corrected chi connectivity index (χ0v) is 27.8. The SMILES string of the molecule is CC(CCC(=O)NCCCN1C(=O)c2cccc3cccc(c23)C1=O)C1CCC2C3CCC4CC(O)CCC4(C)C3CC(O)C12C. The van der Waals surface area contributed by atoms with E-state index in [2.05, 4.69) is 26.1 Å². The van der Waals surface area contributed by atoms with Crippen LogP contribution in [0, 0.1) is 46.3 Å². The monoisotopic (exact) mass is 628 g/mol. The second kappa shape index (κ2) is 12.0. The van der Waals surface area contributed by atoms with Gasteiger partial charge in [0.25, 0.3) is 11.8 Å². The minimum absolute atomic E-state index is 0.00736. The maximum absolute atomic E-state index is 13.2. The molecule has 1 aliphatic heterocycles. The van der Waals surface area contributed by atoms with Crippen molar-refractivity contribution in [2.75, 3.05) is 13.1 Å². The van der Waals surface area contributed by atoms with Crippen LogP contribution in [-0.4, -0.2) is 58.1 Å². The lowest BCUT2D eigenvalue weighted by atomic mass is 9.43. The molecule has 0 bridgehead atoms. The van der Waals surface area contributed by atoms with E-state index in [4.69, 9.17) is 0 Å². The molecule has 7 rings (SSSR count). The molecule has 3 N–H and O–H groups in total. The van der Waals surface area contributed by atoms with Crippen molar-refractivity contribution < 1.29 is 24.6 Å². The summed E-state index contributed by atoms with van der Waals surface area (Å²) in [5, 5.41) is 26.9. The number of hydrogen-bond donors (Lipinski definition) is 3. The number of carbonyl (C=O) groups is 3. The fourth-order valence-corrected chi connectivity index (χ4v) is 11.6. The Bertz CT molecular complexity index is 1470. The number of carbonyl (C=O) groups excluding carboxylic acids is 3. The van der Waals surface area contributed by atoms with Crippen LogP contribution in [0.5, 0.6) is 0 Å². The summed E-state index contributed by atoms with van der Waals surface area (Å²) in [6, 6.07) is 11.1. The highest BCUT2D eigenvalue weighted by molar-refractivity contribution is 6.25. The number of aliphatic hydroxyl groups excluding tert-OH is 2. The summed E-state index contributed by atoms with van der Waals surface area (Å²) in [4.78, 5) is 40.5. The van der Waals surface area contributed by atoms with Crippen molar-refractivity contribution in [3.63, 3.8) is 0 Å². The van der Waals surface area contributed by atoms with Crippen molar-refractivity contribution in [2.24, 2.45) is 46.3 Å². The molecule has 1 heterocycles. The topological polar surface area (TPSA) is 107 Å². The summed E-state index contributed by atoms with van der Waals surface area (Å²) >= 11 is 0. The van der Waals surface area contributed by atoms with Crippen LogP contribution in [0.2, 0.25) is 0 Å². The molecule has 4 saturated carbocycles. The van der Waals surface area contributed by atoms with Crippen molar-refractivity contribution in [1.82, 2.24) is 10.2 Å². The lowest BCUT2D eigenvalue weighted by molar-refractivity contribution is -0.174. The van der Waals surface area contributed by atoms with Gasteiger partial charge in [-0.3, -0.25) is 19.3 Å². The van der Waals surface area contributed by atoms with E-state index >= 15 is 0 Å². The average Bonchev–Trinajstić information content (AvgIpc) is 3.41. The summed E-state index contributed by atoms with van der Waals surface area (Å²) in [5.41, 5.74) is 1.25.